The molecule has 10 heteroatoms. The number of anilines is 1. The molecule has 0 unspecified atom stereocenters. The highest BCUT2D eigenvalue weighted by atomic mass is 35.5. The van der Waals surface area contributed by atoms with E-state index in [9.17, 15) is 13.2 Å². The summed E-state index contributed by atoms with van der Waals surface area (Å²) >= 11 is 6.15. The first-order valence-corrected chi connectivity index (χ1v) is 13.6. The van der Waals surface area contributed by atoms with E-state index in [1.807, 2.05) is 13.8 Å². The molecule has 0 saturated carbocycles. The SMILES string of the molecule is CCCOc1ccc(/C=N\NC(=O)CN(c2cc(Cl)ccc2C)S(=O)(=O)c2ccccc2)cc1OCC. The van der Waals surface area contributed by atoms with Crippen LogP contribution in [0.5, 0.6) is 11.5 Å². The van der Waals surface area contributed by atoms with Gasteiger partial charge in [-0.2, -0.15) is 5.10 Å². The molecule has 0 aromatic heterocycles. The lowest BCUT2D eigenvalue weighted by molar-refractivity contribution is -0.119. The van der Waals surface area contributed by atoms with E-state index in [4.69, 9.17) is 21.1 Å². The van der Waals surface area contributed by atoms with E-state index in [1.54, 1.807) is 55.5 Å². The molecule has 3 rings (SSSR count). The number of ether oxygens (including phenoxy) is 2. The Labute approximate surface area is 222 Å². The monoisotopic (exact) mass is 543 g/mol. The molecular weight excluding hydrogens is 514 g/mol. The molecule has 0 fully saturated rings. The van der Waals surface area contributed by atoms with Gasteiger partial charge in [0.25, 0.3) is 15.9 Å². The number of amides is 1. The zero-order valence-electron chi connectivity index (χ0n) is 21.0. The lowest BCUT2D eigenvalue weighted by Gasteiger charge is -2.25. The normalized spacial score (nSPS) is 11.4. The van der Waals surface area contributed by atoms with Crippen LogP contribution < -0.4 is 19.2 Å². The molecule has 1 N–H and O–H groups in total. The van der Waals surface area contributed by atoms with Crippen molar-refractivity contribution in [1.29, 1.82) is 0 Å². The van der Waals surface area contributed by atoms with Crippen LogP contribution in [-0.2, 0) is 14.8 Å². The molecule has 3 aromatic carbocycles. The molecule has 196 valence electrons. The lowest BCUT2D eigenvalue weighted by Crippen LogP contribution is -2.40. The van der Waals surface area contributed by atoms with Gasteiger partial charge in [-0.25, -0.2) is 13.8 Å². The first-order chi connectivity index (χ1) is 17.8. The van der Waals surface area contributed by atoms with E-state index in [0.29, 0.717) is 46.5 Å². The van der Waals surface area contributed by atoms with Crippen molar-refractivity contribution in [3.63, 3.8) is 0 Å². The number of sulfonamides is 1. The molecule has 0 bridgehead atoms. The minimum atomic E-state index is -4.06. The maximum atomic E-state index is 13.5. The molecule has 37 heavy (non-hydrogen) atoms. The van der Waals surface area contributed by atoms with E-state index in [1.165, 1.54) is 24.4 Å². The van der Waals surface area contributed by atoms with Crippen LogP contribution >= 0.6 is 11.6 Å². The number of hydrogen-bond acceptors (Lipinski definition) is 6. The predicted molar refractivity (Wildman–Crippen MR) is 146 cm³/mol. The molecule has 0 saturated heterocycles. The first kappa shape index (κ1) is 28.0. The van der Waals surface area contributed by atoms with Crippen molar-refractivity contribution < 1.29 is 22.7 Å². The third kappa shape index (κ3) is 7.47. The second-order valence-corrected chi connectivity index (χ2v) is 10.3. The Kier molecular flexibility index (Phi) is 9.93. The Bertz CT molecular complexity index is 1350. The largest absolute Gasteiger partial charge is 0.490 e. The topological polar surface area (TPSA) is 97.3 Å². The summed E-state index contributed by atoms with van der Waals surface area (Å²) < 4.78 is 39.3. The van der Waals surface area contributed by atoms with Gasteiger partial charge in [0.15, 0.2) is 11.5 Å². The van der Waals surface area contributed by atoms with Crippen molar-refractivity contribution in [3.8, 4) is 11.5 Å². The van der Waals surface area contributed by atoms with Crippen molar-refractivity contribution in [2.45, 2.75) is 32.1 Å². The highest BCUT2D eigenvalue weighted by molar-refractivity contribution is 7.92. The summed E-state index contributed by atoms with van der Waals surface area (Å²) in [6.07, 6.45) is 2.32. The van der Waals surface area contributed by atoms with Gasteiger partial charge in [-0.3, -0.25) is 9.10 Å². The van der Waals surface area contributed by atoms with Gasteiger partial charge in [-0.15, -0.1) is 0 Å². The number of aryl methyl sites for hydroxylation is 1. The highest BCUT2D eigenvalue weighted by Crippen LogP contribution is 2.30. The smallest absolute Gasteiger partial charge is 0.264 e. The summed E-state index contributed by atoms with van der Waals surface area (Å²) in [5.41, 5.74) is 4.03. The zero-order chi connectivity index (χ0) is 26.8. The Morgan fingerprint density at radius 1 is 1.03 bits per heavy atom. The number of nitrogens with zero attached hydrogens (tertiary/aromatic N) is 2. The van der Waals surface area contributed by atoms with Gasteiger partial charge in [0.05, 0.1) is 30.0 Å². The molecule has 0 atom stereocenters. The van der Waals surface area contributed by atoms with E-state index < -0.39 is 22.5 Å². The number of hydrogen-bond donors (Lipinski definition) is 1. The zero-order valence-corrected chi connectivity index (χ0v) is 22.6. The fourth-order valence-electron chi connectivity index (χ4n) is 3.42. The van der Waals surface area contributed by atoms with Crippen molar-refractivity contribution in [1.82, 2.24) is 5.43 Å². The van der Waals surface area contributed by atoms with E-state index in [-0.39, 0.29) is 4.90 Å². The molecule has 0 spiro atoms. The first-order valence-electron chi connectivity index (χ1n) is 11.8. The van der Waals surface area contributed by atoms with Gasteiger partial charge in [-0.05, 0) is 73.9 Å². The van der Waals surface area contributed by atoms with Crippen LogP contribution in [0.25, 0.3) is 0 Å². The van der Waals surface area contributed by atoms with Crippen LogP contribution in [0.15, 0.2) is 76.7 Å². The second-order valence-electron chi connectivity index (χ2n) is 8.04. The van der Waals surface area contributed by atoms with Crippen LogP contribution in [0.4, 0.5) is 5.69 Å². The Balaban J connectivity index is 1.81. The van der Waals surface area contributed by atoms with Gasteiger partial charge in [-0.1, -0.05) is 42.8 Å². The minimum absolute atomic E-state index is 0.0551. The summed E-state index contributed by atoms with van der Waals surface area (Å²) in [5, 5.41) is 4.36. The fraction of sp³-hybridized carbons (Fsp3) is 0.259. The molecule has 1 amide bonds. The van der Waals surface area contributed by atoms with E-state index >= 15 is 0 Å². The van der Waals surface area contributed by atoms with Gasteiger partial charge in [0.1, 0.15) is 6.54 Å². The van der Waals surface area contributed by atoms with Gasteiger partial charge >= 0.3 is 0 Å². The third-order valence-corrected chi connectivity index (χ3v) is 7.20. The van der Waals surface area contributed by atoms with Crippen molar-refractivity contribution >= 4 is 39.4 Å². The summed E-state index contributed by atoms with van der Waals surface area (Å²) in [7, 11) is -4.06. The number of hydrazone groups is 1. The molecule has 0 radical (unpaired) electrons. The maximum absolute atomic E-state index is 13.5. The van der Waals surface area contributed by atoms with Gasteiger partial charge < -0.3 is 9.47 Å². The van der Waals surface area contributed by atoms with Gasteiger partial charge in [0.2, 0.25) is 0 Å². The number of nitrogens with one attached hydrogen (secondary N) is 1. The Morgan fingerprint density at radius 3 is 2.49 bits per heavy atom. The number of carbonyl (C=O) groups excluding carboxylic acids is 1. The molecule has 0 heterocycles. The number of benzene rings is 3. The van der Waals surface area contributed by atoms with Crippen LogP contribution in [0.2, 0.25) is 5.02 Å². The number of carbonyl (C=O) groups is 1. The third-order valence-electron chi connectivity index (χ3n) is 5.19. The molecule has 0 aliphatic heterocycles. The average molecular weight is 544 g/mol. The fourth-order valence-corrected chi connectivity index (χ4v) is 5.08. The molecule has 0 aliphatic carbocycles. The molecule has 3 aromatic rings. The minimum Gasteiger partial charge on any atom is -0.490 e. The molecular formula is C27H30ClN3O5S. The standard InChI is InChI=1S/C27H30ClN3O5S/c1-4-15-36-25-14-12-21(16-26(25)35-5-2)18-29-30-27(32)19-31(24-17-22(28)13-11-20(24)3)37(33,34)23-9-7-6-8-10-23/h6-14,16-18H,4-5,15,19H2,1-3H3,(H,30,32)/b29-18-. The van der Waals surface area contributed by atoms with Crippen molar-refractivity contribution in [2.24, 2.45) is 5.10 Å². The van der Waals surface area contributed by atoms with E-state index in [2.05, 4.69) is 10.5 Å². The molecule has 0 aliphatic rings. The predicted octanol–water partition coefficient (Wildman–Crippen LogP) is 5.18. The van der Waals surface area contributed by atoms with Gasteiger partial charge in [0, 0.05) is 5.02 Å². The summed E-state index contributed by atoms with van der Waals surface area (Å²) in [6, 6.07) is 18.1. The Morgan fingerprint density at radius 2 is 1.78 bits per heavy atom. The quantitative estimate of drug-likeness (QED) is 0.251. The maximum Gasteiger partial charge on any atom is 0.264 e. The van der Waals surface area contributed by atoms with Crippen LogP contribution in [0.1, 0.15) is 31.4 Å². The van der Waals surface area contributed by atoms with Crippen LogP contribution in [-0.4, -0.2) is 40.3 Å². The highest BCUT2D eigenvalue weighted by Gasteiger charge is 2.28. The second kappa shape index (κ2) is 13.1. The van der Waals surface area contributed by atoms with Crippen molar-refractivity contribution in [2.75, 3.05) is 24.1 Å². The Hall–Kier alpha value is -3.56. The summed E-state index contributed by atoms with van der Waals surface area (Å²) in [5.74, 6) is 0.578. The lowest BCUT2D eigenvalue weighted by atomic mass is 10.2. The summed E-state index contributed by atoms with van der Waals surface area (Å²) in [6.45, 7) is 6.18. The number of halogens is 1. The molecule has 8 nitrogen and oxygen atoms in total. The van der Waals surface area contributed by atoms with E-state index in [0.717, 1.165) is 10.7 Å². The van der Waals surface area contributed by atoms with Crippen molar-refractivity contribution in [3.05, 3.63) is 82.9 Å². The number of rotatable bonds is 12. The summed E-state index contributed by atoms with van der Waals surface area (Å²) in [4.78, 5) is 12.9. The van der Waals surface area contributed by atoms with Crippen LogP contribution in [0.3, 0.4) is 0 Å². The van der Waals surface area contributed by atoms with Crippen LogP contribution in [0, 0.1) is 6.92 Å². The average Bonchev–Trinajstić information content (AvgIpc) is 2.89.